The Labute approximate surface area is 156 Å². The highest BCUT2D eigenvalue weighted by Gasteiger charge is 2.21. The van der Waals surface area contributed by atoms with Crippen molar-refractivity contribution in [2.45, 2.75) is 25.5 Å². The first-order valence-corrected chi connectivity index (χ1v) is 9.33. The Balaban J connectivity index is 0.00000242. The zero-order chi connectivity index (χ0) is 14.9. The van der Waals surface area contributed by atoms with Crippen LogP contribution in [0.25, 0.3) is 0 Å². The van der Waals surface area contributed by atoms with Gasteiger partial charge in [0.05, 0.1) is 19.8 Å². The Hall–Kier alpha value is 0.270. The van der Waals surface area contributed by atoms with Crippen molar-refractivity contribution in [3.05, 3.63) is 0 Å². The van der Waals surface area contributed by atoms with E-state index in [1.54, 1.807) is 0 Å². The minimum Gasteiger partial charge on any atom is -0.379 e. The molecule has 1 unspecified atom stereocenters. The van der Waals surface area contributed by atoms with Crippen molar-refractivity contribution in [2.24, 2.45) is 4.99 Å². The van der Waals surface area contributed by atoms with Gasteiger partial charge in [-0.05, 0) is 13.3 Å². The van der Waals surface area contributed by atoms with Gasteiger partial charge in [-0.1, -0.05) is 6.92 Å². The first-order valence-electron chi connectivity index (χ1n) is 8.28. The standard InChI is InChI=1S/C15H30N4OS.HI/c1-3-14-13-19(9-12-21-14)15(16-4-2)17-5-6-18-7-10-20-11-8-18;/h14H,3-13H2,1-2H3,(H,16,17);1H. The summed E-state index contributed by atoms with van der Waals surface area (Å²) in [6.45, 7) is 13.4. The van der Waals surface area contributed by atoms with E-state index < -0.39 is 0 Å². The number of nitrogens with zero attached hydrogens (tertiary/aromatic N) is 3. The first kappa shape index (κ1) is 20.3. The predicted molar refractivity (Wildman–Crippen MR) is 107 cm³/mol. The average molecular weight is 442 g/mol. The Morgan fingerprint density at radius 1 is 1.27 bits per heavy atom. The van der Waals surface area contributed by atoms with E-state index in [9.17, 15) is 0 Å². The quantitative estimate of drug-likeness (QED) is 0.399. The summed E-state index contributed by atoms with van der Waals surface area (Å²) < 4.78 is 5.38. The molecule has 1 N–H and O–H groups in total. The summed E-state index contributed by atoms with van der Waals surface area (Å²) >= 11 is 2.10. The van der Waals surface area contributed by atoms with Crippen molar-refractivity contribution >= 4 is 41.7 Å². The fourth-order valence-corrected chi connectivity index (χ4v) is 3.89. The zero-order valence-corrected chi connectivity index (χ0v) is 17.1. The van der Waals surface area contributed by atoms with Crippen LogP contribution in [0.2, 0.25) is 0 Å². The van der Waals surface area contributed by atoms with E-state index in [1.807, 2.05) is 0 Å². The fraction of sp³-hybridized carbons (Fsp3) is 0.933. The summed E-state index contributed by atoms with van der Waals surface area (Å²) in [5.74, 6) is 2.32. The second-order valence-electron chi connectivity index (χ2n) is 5.54. The normalized spacial score (nSPS) is 24.0. The molecule has 0 saturated carbocycles. The van der Waals surface area contributed by atoms with Gasteiger partial charge < -0.3 is 15.0 Å². The van der Waals surface area contributed by atoms with Crippen LogP contribution in [0.4, 0.5) is 0 Å². The van der Waals surface area contributed by atoms with Gasteiger partial charge >= 0.3 is 0 Å². The highest BCUT2D eigenvalue weighted by atomic mass is 127. The van der Waals surface area contributed by atoms with E-state index in [4.69, 9.17) is 9.73 Å². The molecule has 2 aliphatic heterocycles. The second-order valence-corrected chi connectivity index (χ2v) is 6.94. The lowest BCUT2D eigenvalue weighted by molar-refractivity contribution is 0.0394. The minimum atomic E-state index is 0. The fourth-order valence-electron chi connectivity index (χ4n) is 2.71. The van der Waals surface area contributed by atoms with Gasteiger partial charge in [0.1, 0.15) is 0 Å². The van der Waals surface area contributed by atoms with E-state index in [2.05, 4.69) is 40.7 Å². The number of rotatable bonds is 5. The van der Waals surface area contributed by atoms with Crippen LogP contribution in [0.1, 0.15) is 20.3 Å². The number of morpholine rings is 1. The molecule has 5 nitrogen and oxygen atoms in total. The van der Waals surface area contributed by atoms with Crippen molar-refractivity contribution < 1.29 is 4.74 Å². The summed E-state index contributed by atoms with van der Waals surface area (Å²) in [6, 6.07) is 0. The summed E-state index contributed by atoms with van der Waals surface area (Å²) in [5, 5.41) is 4.21. The maximum atomic E-state index is 5.38. The van der Waals surface area contributed by atoms with Gasteiger partial charge in [0.25, 0.3) is 0 Å². The maximum absolute atomic E-state index is 5.38. The van der Waals surface area contributed by atoms with Crippen LogP contribution < -0.4 is 5.32 Å². The molecule has 2 aliphatic rings. The van der Waals surface area contributed by atoms with Crippen LogP contribution in [-0.4, -0.2) is 85.8 Å². The first-order chi connectivity index (χ1) is 10.3. The van der Waals surface area contributed by atoms with Gasteiger partial charge in [-0.25, -0.2) is 0 Å². The number of thioether (sulfide) groups is 1. The minimum absolute atomic E-state index is 0. The third-order valence-electron chi connectivity index (χ3n) is 4.01. The molecule has 130 valence electrons. The Kier molecular flexibility index (Phi) is 10.9. The Morgan fingerprint density at radius 2 is 2.05 bits per heavy atom. The molecule has 2 heterocycles. The van der Waals surface area contributed by atoms with E-state index in [0.29, 0.717) is 0 Å². The van der Waals surface area contributed by atoms with Gasteiger partial charge in [-0.2, -0.15) is 11.8 Å². The summed E-state index contributed by atoms with van der Waals surface area (Å²) in [5.41, 5.74) is 0. The summed E-state index contributed by atoms with van der Waals surface area (Å²) in [6.07, 6.45) is 1.24. The third kappa shape index (κ3) is 6.80. The number of nitrogens with one attached hydrogen (secondary N) is 1. The summed E-state index contributed by atoms with van der Waals surface area (Å²) in [4.78, 5) is 9.72. The molecule has 0 aliphatic carbocycles. The molecule has 0 spiro atoms. The van der Waals surface area contributed by atoms with Crippen molar-refractivity contribution in [3.8, 4) is 0 Å². The van der Waals surface area contributed by atoms with E-state index in [0.717, 1.165) is 70.2 Å². The molecule has 0 aromatic carbocycles. The monoisotopic (exact) mass is 442 g/mol. The molecule has 2 saturated heterocycles. The van der Waals surface area contributed by atoms with Crippen LogP contribution in [0.5, 0.6) is 0 Å². The van der Waals surface area contributed by atoms with Crippen molar-refractivity contribution in [1.82, 2.24) is 15.1 Å². The lowest BCUT2D eigenvalue weighted by atomic mass is 10.3. The number of hydrogen-bond donors (Lipinski definition) is 1. The Morgan fingerprint density at radius 3 is 2.73 bits per heavy atom. The lowest BCUT2D eigenvalue weighted by Crippen LogP contribution is -2.48. The van der Waals surface area contributed by atoms with Gasteiger partial charge in [-0.3, -0.25) is 9.89 Å². The zero-order valence-electron chi connectivity index (χ0n) is 13.9. The molecule has 1 atom stereocenters. The second kappa shape index (κ2) is 11.8. The molecule has 0 bridgehead atoms. The molecule has 0 radical (unpaired) electrons. The number of halogens is 1. The number of hydrogen-bond acceptors (Lipinski definition) is 4. The van der Waals surface area contributed by atoms with Crippen molar-refractivity contribution in [2.75, 3.05) is 64.8 Å². The maximum Gasteiger partial charge on any atom is 0.194 e. The molecule has 2 rings (SSSR count). The molecule has 22 heavy (non-hydrogen) atoms. The van der Waals surface area contributed by atoms with Crippen molar-refractivity contribution in [3.63, 3.8) is 0 Å². The van der Waals surface area contributed by atoms with Crippen LogP contribution in [0, 0.1) is 0 Å². The predicted octanol–water partition coefficient (Wildman–Crippen LogP) is 1.73. The number of ether oxygens (including phenoxy) is 1. The van der Waals surface area contributed by atoms with Gasteiger partial charge in [-0.15, -0.1) is 24.0 Å². The largest absolute Gasteiger partial charge is 0.379 e. The van der Waals surface area contributed by atoms with Gasteiger partial charge in [0.15, 0.2) is 5.96 Å². The van der Waals surface area contributed by atoms with Crippen LogP contribution in [0.3, 0.4) is 0 Å². The number of guanidine groups is 1. The van der Waals surface area contributed by atoms with Crippen molar-refractivity contribution in [1.29, 1.82) is 0 Å². The Bertz CT molecular complexity index is 327. The third-order valence-corrected chi connectivity index (χ3v) is 5.38. The molecule has 0 amide bonds. The number of aliphatic imine (C=N–C) groups is 1. The van der Waals surface area contributed by atoms with Crippen LogP contribution in [0.15, 0.2) is 4.99 Å². The average Bonchev–Trinajstić information content (AvgIpc) is 2.55. The van der Waals surface area contributed by atoms with E-state index >= 15 is 0 Å². The highest BCUT2D eigenvalue weighted by Crippen LogP contribution is 2.20. The molecule has 2 fully saturated rings. The molecule has 7 heteroatoms. The van der Waals surface area contributed by atoms with Gasteiger partial charge in [0.2, 0.25) is 0 Å². The molecular formula is C15H31IN4OS. The van der Waals surface area contributed by atoms with Crippen LogP contribution in [-0.2, 0) is 4.74 Å². The van der Waals surface area contributed by atoms with Crippen LogP contribution >= 0.6 is 35.7 Å². The van der Waals surface area contributed by atoms with Gasteiger partial charge in [0, 0.05) is 50.3 Å². The molecule has 0 aromatic heterocycles. The summed E-state index contributed by atoms with van der Waals surface area (Å²) in [7, 11) is 0. The topological polar surface area (TPSA) is 40.1 Å². The highest BCUT2D eigenvalue weighted by molar-refractivity contribution is 14.0. The SMILES string of the molecule is CCNC(=NCCN1CCOCC1)N1CCSC(CC)C1.I. The molecule has 0 aromatic rings. The smallest absolute Gasteiger partial charge is 0.194 e. The van der Waals surface area contributed by atoms with E-state index in [-0.39, 0.29) is 24.0 Å². The van der Waals surface area contributed by atoms with E-state index in [1.165, 1.54) is 12.2 Å². The lowest BCUT2D eigenvalue weighted by Gasteiger charge is -2.34. The molecular weight excluding hydrogens is 411 g/mol.